The zero-order valence-electron chi connectivity index (χ0n) is 43.3. The van der Waals surface area contributed by atoms with Gasteiger partial charge < -0.3 is 9.13 Å². The molecular formula is C78H44N2. The van der Waals surface area contributed by atoms with Crippen molar-refractivity contribution in [2.45, 2.75) is 0 Å². The van der Waals surface area contributed by atoms with Crippen LogP contribution in [-0.4, -0.2) is 9.13 Å². The molecule has 0 radical (unpaired) electrons. The summed E-state index contributed by atoms with van der Waals surface area (Å²) in [7, 11) is 0. The van der Waals surface area contributed by atoms with E-state index in [-0.39, 0.29) is 0 Å². The number of rotatable bonds is 8. The average molecular weight is 1010 g/mol. The van der Waals surface area contributed by atoms with Crippen LogP contribution < -0.4 is 0 Å². The Kier molecular flexibility index (Phi) is 13.2. The van der Waals surface area contributed by atoms with Gasteiger partial charge in [0.2, 0.25) is 0 Å². The van der Waals surface area contributed by atoms with Gasteiger partial charge in [-0.25, -0.2) is 0 Å². The normalized spacial score (nSPS) is 12.3. The highest BCUT2D eigenvalue weighted by atomic mass is 15.0. The number of allylic oxidation sites excluding steroid dienone is 6. The van der Waals surface area contributed by atoms with Gasteiger partial charge in [0, 0.05) is 32.9 Å². The van der Waals surface area contributed by atoms with Gasteiger partial charge >= 0.3 is 0 Å². The molecule has 2 heterocycles. The Labute approximate surface area is 465 Å². The highest BCUT2D eigenvalue weighted by Crippen LogP contribution is 2.34. The predicted octanol–water partition coefficient (Wildman–Crippen LogP) is 18.0. The third kappa shape index (κ3) is 9.77. The van der Waals surface area contributed by atoms with E-state index in [0.29, 0.717) is 33.4 Å². The number of hydrogen-bond acceptors (Lipinski definition) is 0. The van der Waals surface area contributed by atoms with Gasteiger partial charge in [0.05, 0.1) is 55.5 Å². The molecule has 0 N–H and O–H groups in total. The first-order chi connectivity index (χ1) is 39.7. The Morgan fingerprint density at radius 2 is 0.362 bits per heavy atom. The number of fused-ring (bicyclic) bond motifs is 6. The molecule has 13 rings (SSSR count). The minimum atomic E-state index is 0.618. The number of hydrogen-bond donors (Lipinski definition) is 0. The second kappa shape index (κ2) is 21.9. The molecule has 2 nitrogen and oxygen atoms in total. The van der Waals surface area contributed by atoms with Crippen LogP contribution in [0.2, 0.25) is 0 Å². The lowest BCUT2D eigenvalue weighted by Gasteiger charge is -2.09. The number of para-hydroxylation sites is 4. The molecule has 10 aromatic carbocycles. The van der Waals surface area contributed by atoms with Crippen molar-refractivity contribution in [2.75, 3.05) is 0 Å². The number of nitrogens with zero attached hydrogens (tertiary/aromatic N) is 2. The Morgan fingerprint density at radius 3 is 0.588 bits per heavy atom. The fourth-order valence-corrected chi connectivity index (χ4v) is 10.2. The van der Waals surface area contributed by atoms with Gasteiger partial charge in [-0.15, -0.1) is 0 Å². The largest absolute Gasteiger partial charge is 0.309 e. The molecule has 0 bridgehead atoms. The Bertz CT molecular complexity index is 4530. The fraction of sp³-hybridized carbons (Fsp3) is 0. The monoisotopic (exact) mass is 1010 g/mol. The van der Waals surface area contributed by atoms with Crippen molar-refractivity contribution in [1.82, 2.24) is 9.13 Å². The van der Waals surface area contributed by atoms with E-state index in [1.165, 1.54) is 21.5 Å². The topological polar surface area (TPSA) is 9.86 Å². The van der Waals surface area contributed by atoms with E-state index in [1.807, 2.05) is 121 Å². The van der Waals surface area contributed by atoms with E-state index in [1.54, 1.807) is 0 Å². The minimum Gasteiger partial charge on any atom is -0.309 e. The van der Waals surface area contributed by atoms with Gasteiger partial charge in [-0.05, 0) is 81.9 Å². The molecule has 0 aliphatic heterocycles. The lowest BCUT2D eigenvalue weighted by atomic mass is 10.0. The van der Waals surface area contributed by atoms with Crippen molar-refractivity contribution in [3.05, 3.63) is 335 Å². The van der Waals surface area contributed by atoms with Crippen molar-refractivity contribution in [3.63, 3.8) is 0 Å². The van der Waals surface area contributed by atoms with Crippen LogP contribution in [0.1, 0.15) is 33.4 Å². The summed E-state index contributed by atoms with van der Waals surface area (Å²) in [5, 5.41) is 4.81. The van der Waals surface area contributed by atoms with Gasteiger partial charge in [0.25, 0.3) is 0 Å². The van der Waals surface area contributed by atoms with Gasteiger partial charge in [0.15, 0.2) is 0 Å². The summed E-state index contributed by atoms with van der Waals surface area (Å²) in [6, 6.07) is 91.4. The number of benzene rings is 10. The van der Waals surface area contributed by atoms with Crippen LogP contribution >= 0.6 is 0 Å². The summed E-state index contributed by atoms with van der Waals surface area (Å²) in [6.45, 7) is 0. The van der Waals surface area contributed by atoms with Crippen LogP contribution in [0.25, 0.3) is 88.4 Å². The quantitative estimate of drug-likeness (QED) is 0.106. The summed E-state index contributed by atoms with van der Waals surface area (Å²) in [4.78, 5) is 0. The van der Waals surface area contributed by atoms with Crippen molar-refractivity contribution in [1.29, 1.82) is 0 Å². The second-order valence-corrected chi connectivity index (χ2v) is 19.0. The van der Waals surface area contributed by atoms with E-state index < -0.39 is 0 Å². The molecule has 0 saturated carbocycles. The van der Waals surface area contributed by atoms with Crippen molar-refractivity contribution < 1.29 is 0 Å². The Balaban J connectivity index is 1.06. The van der Waals surface area contributed by atoms with Gasteiger partial charge in [0.1, 0.15) is 0 Å². The minimum absolute atomic E-state index is 0.618. The molecule has 0 unspecified atom stereocenters. The molecule has 80 heavy (non-hydrogen) atoms. The van der Waals surface area contributed by atoms with Crippen LogP contribution in [0, 0.1) is 35.5 Å². The maximum atomic E-state index is 3.53. The first-order valence-electron chi connectivity index (χ1n) is 26.4. The predicted molar refractivity (Wildman–Crippen MR) is 332 cm³/mol. The van der Waals surface area contributed by atoms with Gasteiger partial charge in [-0.3, -0.25) is 0 Å². The van der Waals surface area contributed by atoms with E-state index >= 15 is 0 Å². The smallest absolute Gasteiger partial charge is 0.0824 e. The van der Waals surface area contributed by atoms with E-state index in [2.05, 4.69) is 225 Å². The summed E-state index contributed by atoms with van der Waals surface area (Å²) in [5.74, 6) is 21.1. The van der Waals surface area contributed by atoms with Crippen LogP contribution in [0.15, 0.2) is 301 Å². The van der Waals surface area contributed by atoms with Crippen molar-refractivity contribution >= 4 is 77.1 Å². The van der Waals surface area contributed by atoms with E-state index in [9.17, 15) is 0 Å². The molecule has 0 saturated heterocycles. The summed E-state index contributed by atoms with van der Waals surface area (Å²) in [5.41, 5.74) is 36.7. The molecule has 0 atom stereocenters. The van der Waals surface area contributed by atoms with Crippen molar-refractivity contribution in [3.8, 4) is 46.9 Å². The molecule has 2 heteroatoms. The number of aromatic nitrogens is 2. The summed E-state index contributed by atoms with van der Waals surface area (Å²) >= 11 is 0. The highest BCUT2D eigenvalue weighted by molar-refractivity contribution is 6.10. The third-order valence-electron chi connectivity index (χ3n) is 14.1. The molecular weight excluding hydrogens is 965 g/mol. The van der Waals surface area contributed by atoms with E-state index in [4.69, 9.17) is 0 Å². The molecule has 0 spiro atoms. The second-order valence-electron chi connectivity index (χ2n) is 19.0. The van der Waals surface area contributed by atoms with E-state index in [0.717, 1.165) is 66.8 Å². The molecule has 1 aliphatic carbocycles. The maximum absolute atomic E-state index is 3.53. The van der Waals surface area contributed by atoms with Gasteiger partial charge in [-0.1, -0.05) is 288 Å². The summed E-state index contributed by atoms with van der Waals surface area (Å²) in [6.07, 6.45) is 0. The standard InChI is InChI=1S/C78H44N2/c1-5-21-57(22-6-1)61-37-38-62(58-23-7-2-8-24-58)42-47-66(68-51-55-70(56-52-68)80-77-35-19-15-31-73(77)74-32-16-20-36-78(74)80)48-44-64(60-27-11-4-12-28-60)40-39-63(59-25-9-3-10-26-59)43-46-65(45-41-61)67-49-53-69(54-50-67)79-75-33-17-13-29-71(75)72-30-14-18-34-76(72)79/h1-36,49-56H. The zero-order valence-corrected chi connectivity index (χ0v) is 43.3. The zero-order chi connectivity index (χ0) is 53.5. The third-order valence-corrected chi connectivity index (χ3v) is 14.1. The van der Waals surface area contributed by atoms with Gasteiger partial charge in [-0.2, -0.15) is 0 Å². The maximum Gasteiger partial charge on any atom is 0.0824 e. The van der Waals surface area contributed by atoms with Crippen LogP contribution in [-0.2, 0) is 0 Å². The molecule has 366 valence electrons. The van der Waals surface area contributed by atoms with Crippen LogP contribution in [0.5, 0.6) is 0 Å². The average Bonchev–Trinajstić information content (AvgIpc) is 4.16. The summed E-state index contributed by atoms with van der Waals surface area (Å²) < 4.78 is 4.62. The first-order valence-corrected chi connectivity index (χ1v) is 26.4. The van der Waals surface area contributed by atoms with Crippen LogP contribution in [0.3, 0.4) is 0 Å². The molecule has 1 aliphatic rings. The fourth-order valence-electron chi connectivity index (χ4n) is 10.2. The van der Waals surface area contributed by atoms with Crippen LogP contribution in [0.4, 0.5) is 0 Å². The SMILES string of the molecule is C1=C=C(c2ccc(-n3c4ccccc4c4ccccc43)cc2)C#CC(c2ccccc2)=C=C=C(c2ccccc2)C#CC(c2ccc(-n3c4ccccc4c4ccccc43)cc2)=C=C=C(c2ccccc2)C#CC=1c1ccccc1. The molecule has 0 amide bonds. The Hall–Kier alpha value is -11.6. The first kappa shape index (κ1) is 48.1. The lowest BCUT2D eigenvalue weighted by Crippen LogP contribution is -1.94. The Morgan fingerprint density at radius 1 is 0.175 bits per heavy atom. The lowest BCUT2D eigenvalue weighted by molar-refractivity contribution is 1.18. The molecule has 2 aromatic heterocycles. The molecule has 0 fully saturated rings. The molecule has 12 aromatic rings. The highest BCUT2D eigenvalue weighted by Gasteiger charge is 2.14. The van der Waals surface area contributed by atoms with Crippen molar-refractivity contribution in [2.24, 2.45) is 0 Å².